The van der Waals surface area contributed by atoms with Crippen LogP contribution in [0.1, 0.15) is 22.3 Å². The molecular formula is C23H17F5N4O3. The highest BCUT2D eigenvalue weighted by Crippen LogP contribution is 2.42. The molecular weight excluding hydrogens is 475 g/mol. The number of hydrogen-bond donors (Lipinski definition) is 1. The lowest BCUT2D eigenvalue weighted by Crippen LogP contribution is -2.51. The van der Waals surface area contributed by atoms with Gasteiger partial charge >= 0.3 is 6.18 Å². The highest BCUT2D eigenvalue weighted by molar-refractivity contribution is 6.04. The summed E-state index contributed by atoms with van der Waals surface area (Å²) in [5.41, 5.74) is -2.89. The maximum Gasteiger partial charge on any atom is 0.411 e. The SMILES string of the molecule is O=C(NC1=N[C@H](C(F)(F)F)C[C@@](CF)(c2cc(Oc3cnccn3)ccc2F)O1)c1ccccc1. The standard InChI is InChI=1S/C23H17F5N4O3/c24-13-22(16-10-15(6-7-17(16)25)34-19-12-29-8-9-30-19)11-18(23(26,27)28)31-21(35-22)32-20(33)14-4-2-1-3-5-14/h1-10,12,18H,11,13H2,(H,31,32,33)/t18-,22+/m0/s1. The molecule has 1 aliphatic rings. The maximum absolute atomic E-state index is 14.9. The van der Waals surface area contributed by atoms with E-state index >= 15 is 0 Å². The molecule has 0 saturated carbocycles. The first-order chi connectivity index (χ1) is 16.7. The lowest BCUT2D eigenvalue weighted by atomic mass is 9.86. The van der Waals surface area contributed by atoms with Crippen molar-refractivity contribution in [3.05, 3.63) is 84.1 Å². The van der Waals surface area contributed by atoms with E-state index in [1.807, 2.05) is 0 Å². The van der Waals surface area contributed by atoms with Crippen LogP contribution in [-0.4, -0.2) is 40.8 Å². The maximum atomic E-state index is 14.9. The number of nitrogens with zero attached hydrogens (tertiary/aromatic N) is 3. The summed E-state index contributed by atoms with van der Waals surface area (Å²) < 4.78 is 81.3. The van der Waals surface area contributed by atoms with E-state index in [0.717, 1.165) is 12.1 Å². The second kappa shape index (κ2) is 9.65. The topological polar surface area (TPSA) is 85.7 Å². The Morgan fingerprint density at radius 3 is 2.60 bits per heavy atom. The predicted molar refractivity (Wildman–Crippen MR) is 113 cm³/mol. The molecule has 0 spiro atoms. The van der Waals surface area contributed by atoms with Gasteiger partial charge in [-0.3, -0.25) is 15.1 Å². The molecule has 1 N–H and O–H groups in total. The molecule has 3 aromatic rings. The van der Waals surface area contributed by atoms with Gasteiger partial charge < -0.3 is 9.47 Å². The van der Waals surface area contributed by atoms with E-state index < -0.39 is 54.2 Å². The van der Waals surface area contributed by atoms with Crippen LogP contribution in [0.5, 0.6) is 11.6 Å². The zero-order valence-corrected chi connectivity index (χ0v) is 17.8. The van der Waals surface area contributed by atoms with Crippen LogP contribution in [0.25, 0.3) is 0 Å². The second-order valence-electron chi connectivity index (χ2n) is 7.53. The third-order valence-corrected chi connectivity index (χ3v) is 5.13. The van der Waals surface area contributed by atoms with Crippen molar-refractivity contribution in [1.82, 2.24) is 15.3 Å². The van der Waals surface area contributed by atoms with Crippen LogP contribution < -0.4 is 10.1 Å². The molecule has 1 amide bonds. The molecule has 7 nitrogen and oxygen atoms in total. The van der Waals surface area contributed by atoms with Crippen molar-refractivity contribution in [3.8, 4) is 11.6 Å². The summed E-state index contributed by atoms with van der Waals surface area (Å²) in [4.78, 5) is 23.6. The molecule has 1 aromatic heterocycles. The van der Waals surface area contributed by atoms with Gasteiger partial charge in [-0.25, -0.2) is 18.8 Å². The number of aliphatic imine (C=N–C) groups is 1. The van der Waals surface area contributed by atoms with Crippen molar-refractivity contribution < 1.29 is 36.2 Å². The number of benzene rings is 2. The number of alkyl halides is 4. The lowest BCUT2D eigenvalue weighted by molar-refractivity contribution is -0.167. The van der Waals surface area contributed by atoms with Crippen LogP contribution in [0.15, 0.2) is 72.1 Å². The first-order valence-electron chi connectivity index (χ1n) is 10.2. The average molecular weight is 492 g/mol. The number of nitrogens with one attached hydrogen (secondary N) is 1. The van der Waals surface area contributed by atoms with E-state index in [1.165, 1.54) is 36.8 Å². The summed E-state index contributed by atoms with van der Waals surface area (Å²) in [5.74, 6) is -1.89. The van der Waals surface area contributed by atoms with Crippen LogP contribution in [-0.2, 0) is 10.3 Å². The summed E-state index contributed by atoms with van der Waals surface area (Å²) in [6.45, 7) is -1.55. The molecule has 2 atom stereocenters. The molecule has 4 rings (SSSR count). The van der Waals surface area contributed by atoms with Gasteiger partial charge in [0.15, 0.2) is 11.6 Å². The minimum Gasteiger partial charge on any atom is -0.450 e. The van der Waals surface area contributed by atoms with Crippen molar-refractivity contribution in [2.45, 2.75) is 24.2 Å². The van der Waals surface area contributed by atoms with Gasteiger partial charge in [-0.2, -0.15) is 13.2 Å². The predicted octanol–water partition coefficient (Wildman–Crippen LogP) is 4.71. The molecule has 2 heterocycles. The fourth-order valence-electron chi connectivity index (χ4n) is 3.45. The Labute approximate surface area is 195 Å². The molecule has 12 heteroatoms. The molecule has 0 aliphatic carbocycles. The molecule has 0 fully saturated rings. The first-order valence-corrected chi connectivity index (χ1v) is 10.2. The summed E-state index contributed by atoms with van der Waals surface area (Å²) >= 11 is 0. The number of halogens is 5. The molecule has 0 saturated heterocycles. The van der Waals surface area contributed by atoms with Crippen LogP contribution in [0.2, 0.25) is 0 Å². The average Bonchev–Trinajstić information content (AvgIpc) is 2.85. The lowest BCUT2D eigenvalue weighted by Gasteiger charge is -2.38. The van der Waals surface area contributed by atoms with Crippen molar-refractivity contribution in [1.29, 1.82) is 0 Å². The van der Waals surface area contributed by atoms with E-state index in [9.17, 15) is 26.7 Å². The minimum atomic E-state index is -4.92. The van der Waals surface area contributed by atoms with Gasteiger partial charge in [-0.15, -0.1) is 0 Å². The zero-order valence-electron chi connectivity index (χ0n) is 17.8. The van der Waals surface area contributed by atoms with Crippen LogP contribution in [0.4, 0.5) is 22.0 Å². The third-order valence-electron chi connectivity index (χ3n) is 5.13. The van der Waals surface area contributed by atoms with Crippen molar-refractivity contribution in [2.24, 2.45) is 4.99 Å². The van der Waals surface area contributed by atoms with Crippen molar-refractivity contribution >= 4 is 11.9 Å². The third kappa shape index (κ3) is 5.36. The Balaban J connectivity index is 1.70. The zero-order chi connectivity index (χ0) is 25.1. The molecule has 182 valence electrons. The van der Waals surface area contributed by atoms with Crippen LogP contribution in [0.3, 0.4) is 0 Å². The number of amidine groups is 1. The van der Waals surface area contributed by atoms with Gasteiger partial charge in [-0.05, 0) is 30.3 Å². The Kier molecular flexibility index (Phi) is 6.63. The Bertz CT molecular complexity index is 1220. The quantitative estimate of drug-likeness (QED) is 0.522. The number of carbonyl (C=O) groups excluding carboxylic acids is 1. The number of rotatable bonds is 5. The highest BCUT2D eigenvalue weighted by atomic mass is 19.4. The fourth-order valence-corrected chi connectivity index (χ4v) is 3.45. The normalized spacial score (nSPS) is 19.9. The number of carbonyl (C=O) groups is 1. The first kappa shape index (κ1) is 24.0. The minimum absolute atomic E-state index is 0.0227. The molecule has 2 aromatic carbocycles. The Morgan fingerprint density at radius 1 is 1.17 bits per heavy atom. The van der Waals surface area contributed by atoms with Gasteiger partial charge in [0.25, 0.3) is 11.9 Å². The summed E-state index contributed by atoms with van der Waals surface area (Å²) in [6, 6.07) is 7.30. The van der Waals surface area contributed by atoms with Crippen LogP contribution >= 0.6 is 0 Å². The highest BCUT2D eigenvalue weighted by Gasteiger charge is 2.52. The molecule has 35 heavy (non-hydrogen) atoms. The van der Waals surface area contributed by atoms with Gasteiger partial charge in [0.05, 0.1) is 6.20 Å². The van der Waals surface area contributed by atoms with Gasteiger partial charge in [0.2, 0.25) is 5.88 Å². The van der Waals surface area contributed by atoms with Crippen molar-refractivity contribution in [2.75, 3.05) is 6.67 Å². The molecule has 0 unspecified atom stereocenters. The molecule has 1 aliphatic heterocycles. The molecule has 0 bridgehead atoms. The van der Waals surface area contributed by atoms with E-state index in [0.29, 0.717) is 0 Å². The second-order valence-corrected chi connectivity index (χ2v) is 7.53. The number of hydrogen-bond acceptors (Lipinski definition) is 6. The summed E-state index contributed by atoms with van der Waals surface area (Å²) in [5, 5.41) is 2.12. The molecule has 0 radical (unpaired) electrons. The Hall–Kier alpha value is -4.09. The van der Waals surface area contributed by atoms with Crippen LogP contribution in [0, 0.1) is 5.82 Å². The van der Waals surface area contributed by atoms with E-state index in [4.69, 9.17) is 9.47 Å². The van der Waals surface area contributed by atoms with Gasteiger partial charge in [-0.1, -0.05) is 18.2 Å². The Morgan fingerprint density at radius 2 is 1.94 bits per heavy atom. The van der Waals surface area contributed by atoms with E-state index in [2.05, 4.69) is 20.3 Å². The number of ether oxygens (including phenoxy) is 2. The van der Waals surface area contributed by atoms with Gasteiger partial charge in [0, 0.05) is 29.9 Å². The number of amides is 1. The van der Waals surface area contributed by atoms with E-state index in [-0.39, 0.29) is 17.2 Å². The summed E-state index contributed by atoms with van der Waals surface area (Å²) in [6.07, 6.45) is -2.01. The summed E-state index contributed by atoms with van der Waals surface area (Å²) in [7, 11) is 0. The number of aromatic nitrogens is 2. The smallest absolute Gasteiger partial charge is 0.411 e. The largest absolute Gasteiger partial charge is 0.450 e. The van der Waals surface area contributed by atoms with E-state index in [1.54, 1.807) is 18.2 Å². The fraction of sp³-hybridized carbons (Fsp3) is 0.217. The van der Waals surface area contributed by atoms with Gasteiger partial charge in [0.1, 0.15) is 18.2 Å². The monoisotopic (exact) mass is 492 g/mol. The van der Waals surface area contributed by atoms with Crippen molar-refractivity contribution in [3.63, 3.8) is 0 Å².